The minimum Gasteiger partial charge on any atom is -0.192 e. The summed E-state index contributed by atoms with van der Waals surface area (Å²) in [6.07, 6.45) is 19.3. The normalized spacial score (nSPS) is 23.6. The Morgan fingerprint density at radius 3 is 1.97 bits per heavy atom. The first-order valence-corrected chi connectivity index (χ1v) is 21.3. The number of nitriles is 1. The van der Waals surface area contributed by atoms with Crippen molar-refractivity contribution in [3.05, 3.63) is 291 Å². The maximum Gasteiger partial charge on any atom is 0.0991 e. The van der Waals surface area contributed by atoms with E-state index in [2.05, 4.69) is 212 Å². The second-order valence-electron chi connectivity index (χ2n) is 16.9. The molecule has 5 atom stereocenters. The summed E-state index contributed by atoms with van der Waals surface area (Å²) in [5.41, 5.74) is 19.7. The Hall–Kier alpha value is -7.27. The average molecular weight is 764 g/mol. The summed E-state index contributed by atoms with van der Waals surface area (Å²) < 4.78 is 0. The third kappa shape index (κ3) is 4.62. The molecule has 5 aliphatic carbocycles. The van der Waals surface area contributed by atoms with Crippen LogP contribution in [0, 0.1) is 23.2 Å². The number of hydrogen-bond acceptors (Lipinski definition) is 1. The zero-order valence-corrected chi connectivity index (χ0v) is 33.2. The summed E-state index contributed by atoms with van der Waals surface area (Å²) in [6, 6.07) is 66.0. The van der Waals surface area contributed by atoms with Gasteiger partial charge in [0.1, 0.15) is 0 Å². The number of fused-ring (bicyclic) bond motifs is 7. The Morgan fingerprint density at radius 2 is 1.18 bits per heavy atom. The van der Waals surface area contributed by atoms with Gasteiger partial charge in [0.15, 0.2) is 0 Å². The standard InChI is InChI=1S/C59H41N/c60-38-39-30-32-40(33-31-39)55-46-21-7-9-23-48(46)56(49-24-10-8-22-47(49)55)41-34-36-44(37-35-41)58(42-16-3-1-4-17-42)52-27-13-14-28-53(52)59(43-18-5-2-6-19-43)51-26-12-11-20-45(51)50-25-15-29-54(58)57(50)59/h1-18,20-37,43,46,55H,19H2. The van der Waals surface area contributed by atoms with Gasteiger partial charge in [-0.3, -0.25) is 0 Å². The SMILES string of the molecule is N#Cc1ccc(C2c3ccccc3C(c3ccc(C4(c5ccccc5)c5ccccc5C5(C6C=CC=CC6)c6ccccc6-c6cccc4c65)cc3)=C3C=CC=CC32)cc1. The first-order valence-electron chi connectivity index (χ1n) is 21.3. The zero-order valence-electron chi connectivity index (χ0n) is 33.2. The van der Waals surface area contributed by atoms with E-state index in [4.69, 9.17) is 0 Å². The summed E-state index contributed by atoms with van der Waals surface area (Å²) in [5, 5.41) is 9.57. The Kier molecular flexibility index (Phi) is 7.75. The maximum absolute atomic E-state index is 9.57. The van der Waals surface area contributed by atoms with Crippen molar-refractivity contribution in [1.82, 2.24) is 0 Å². The van der Waals surface area contributed by atoms with Crippen molar-refractivity contribution < 1.29 is 0 Å². The van der Waals surface area contributed by atoms with Crippen LogP contribution >= 0.6 is 0 Å². The van der Waals surface area contributed by atoms with E-state index in [0.717, 1.165) is 6.42 Å². The number of benzene rings is 7. The molecule has 0 bridgehead atoms. The summed E-state index contributed by atoms with van der Waals surface area (Å²) in [4.78, 5) is 0. The molecule has 0 amide bonds. The number of rotatable bonds is 5. The van der Waals surface area contributed by atoms with Crippen LogP contribution in [0.2, 0.25) is 0 Å². The third-order valence-corrected chi connectivity index (χ3v) is 14.3. The van der Waals surface area contributed by atoms with Crippen LogP contribution in [-0.4, -0.2) is 0 Å². The van der Waals surface area contributed by atoms with Crippen LogP contribution in [0.4, 0.5) is 0 Å². The Labute approximate surface area is 352 Å². The minimum absolute atomic E-state index is 0.146. The molecule has 5 unspecified atom stereocenters. The van der Waals surface area contributed by atoms with Crippen LogP contribution in [0.3, 0.4) is 0 Å². The fourth-order valence-electron chi connectivity index (χ4n) is 12.1. The summed E-state index contributed by atoms with van der Waals surface area (Å²) >= 11 is 0. The Morgan fingerprint density at radius 1 is 0.517 bits per heavy atom. The molecule has 1 heteroatoms. The molecule has 0 aromatic heterocycles. The van der Waals surface area contributed by atoms with E-state index in [0.29, 0.717) is 5.56 Å². The van der Waals surface area contributed by atoms with Gasteiger partial charge in [-0.1, -0.05) is 206 Å². The molecule has 1 nitrogen and oxygen atoms in total. The summed E-state index contributed by atoms with van der Waals surface area (Å²) in [5.74, 6) is 0.577. The number of allylic oxidation sites excluding steroid dienone is 9. The van der Waals surface area contributed by atoms with Crippen LogP contribution in [-0.2, 0) is 10.8 Å². The van der Waals surface area contributed by atoms with Gasteiger partial charge in [-0.15, -0.1) is 0 Å². The molecule has 0 aliphatic heterocycles. The van der Waals surface area contributed by atoms with E-state index in [1.54, 1.807) is 0 Å². The fourth-order valence-corrected chi connectivity index (χ4v) is 12.1. The monoisotopic (exact) mass is 763 g/mol. The third-order valence-electron chi connectivity index (χ3n) is 14.3. The van der Waals surface area contributed by atoms with E-state index in [1.807, 2.05) is 12.1 Å². The number of nitrogens with zero attached hydrogens (tertiary/aromatic N) is 1. The second kappa shape index (κ2) is 13.4. The van der Waals surface area contributed by atoms with Gasteiger partial charge in [0.05, 0.1) is 22.5 Å². The lowest BCUT2D eigenvalue weighted by Gasteiger charge is -2.51. The molecule has 0 saturated heterocycles. The maximum atomic E-state index is 9.57. The van der Waals surface area contributed by atoms with Crippen LogP contribution in [0.15, 0.2) is 224 Å². The molecule has 60 heavy (non-hydrogen) atoms. The van der Waals surface area contributed by atoms with Crippen LogP contribution in [0.5, 0.6) is 0 Å². The molecule has 7 aromatic carbocycles. The predicted molar refractivity (Wildman–Crippen MR) is 244 cm³/mol. The molecule has 7 aromatic rings. The average Bonchev–Trinajstić information content (AvgIpc) is 3.64. The van der Waals surface area contributed by atoms with Crippen molar-refractivity contribution in [1.29, 1.82) is 5.26 Å². The molecule has 0 radical (unpaired) electrons. The Bertz CT molecular complexity index is 3080. The highest BCUT2D eigenvalue weighted by Gasteiger charge is 2.59. The van der Waals surface area contributed by atoms with Crippen molar-refractivity contribution in [2.24, 2.45) is 11.8 Å². The molecule has 0 heterocycles. The van der Waals surface area contributed by atoms with Gasteiger partial charge in [-0.25, -0.2) is 0 Å². The molecule has 282 valence electrons. The summed E-state index contributed by atoms with van der Waals surface area (Å²) in [7, 11) is 0. The zero-order chi connectivity index (χ0) is 39.8. The lowest BCUT2D eigenvalue weighted by molar-refractivity contribution is 0.431. The molecule has 12 rings (SSSR count). The first kappa shape index (κ1) is 34.7. The van der Waals surface area contributed by atoms with Crippen LogP contribution in [0.25, 0.3) is 16.7 Å². The molecule has 0 N–H and O–H groups in total. The van der Waals surface area contributed by atoms with E-state index >= 15 is 0 Å². The van der Waals surface area contributed by atoms with Gasteiger partial charge in [-0.2, -0.15) is 5.26 Å². The van der Waals surface area contributed by atoms with Crippen molar-refractivity contribution in [3.8, 4) is 17.2 Å². The van der Waals surface area contributed by atoms with E-state index in [1.165, 1.54) is 83.5 Å². The van der Waals surface area contributed by atoms with Gasteiger partial charge < -0.3 is 0 Å². The van der Waals surface area contributed by atoms with Gasteiger partial charge in [0.25, 0.3) is 0 Å². The minimum atomic E-state index is -0.569. The molecular weight excluding hydrogens is 723 g/mol. The molecule has 0 spiro atoms. The highest BCUT2D eigenvalue weighted by Crippen LogP contribution is 2.66. The van der Waals surface area contributed by atoms with Gasteiger partial charge in [-0.05, 0) is 108 Å². The van der Waals surface area contributed by atoms with E-state index in [9.17, 15) is 5.26 Å². The fraction of sp³-hybridized carbons (Fsp3) is 0.102. The first-order chi connectivity index (χ1) is 29.7. The Balaban J connectivity index is 1.10. The lowest BCUT2D eigenvalue weighted by atomic mass is 9.50. The largest absolute Gasteiger partial charge is 0.192 e. The smallest absolute Gasteiger partial charge is 0.0991 e. The van der Waals surface area contributed by atoms with Gasteiger partial charge in [0.2, 0.25) is 0 Å². The number of hydrogen-bond donors (Lipinski definition) is 0. The molecule has 0 fully saturated rings. The van der Waals surface area contributed by atoms with E-state index in [-0.39, 0.29) is 23.2 Å². The highest BCUT2D eigenvalue weighted by atomic mass is 14.6. The van der Waals surface area contributed by atoms with Gasteiger partial charge >= 0.3 is 0 Å². The van der Waals surface area contributed by atoms with Crippen molar-refractivity contribution in [2.45, 2.75) is 23.2 Å². The van der Waals surface area contributed by atoms with Crippen LogP contribution in [0.1, 0.15) is 79.1 Å². The molecule has 0 saturated carbocycles. The summed E-state index contributed by atoms with van der Waals surface area (Å²) in [6.45, 7) is 0. The highest BCUT2D eigenvalue weighted by molar-refractivity contribution is 5.91. The second-order valence-corrected chi connectivity index (χ2v) is 16.9. The van der Waals surface area contributed by atoms with Crippen molar-refractivity contribution in [3.63, 3.8) is 0 Å². The lowest BCUT2D eigenvalue weighted by Crippen LogP contribution is -2.47. The predicted octanol–water partition coefficient (Wildman–Crippen LogP) is 13.4. The van der Waals surface area contributed by atoms with Gasteiger partial charge in [0, 0.05) is 11.8 Å². The van der Waals surface area contributed by atoms with E-state index < -0.39 is 5.41 Å². The quantitative estimate of drug-likeness (QED) is 0.171. The van der Waals surface area contributed by atoms with Crippen LogP contribution < -0.4 is 0 Å². The van der Waals surface area contributed by atoms with Crippen molar-refractivity contribution >= 4 is 5.57 Å². The van der Waals surface area contributed by atoms with Crippen molar-refractivity contribution in [2.75, 3.05) is 0 Å². The molecular formula is C59H41N. The topological polar surface area (TPSA) is 23.8 Å². The molecule has 5 aliphatic rings.